The number of aliphatic hydroxyl groups excluding tert-OH is 2. The van der Waals surface area contributed by atoms with Gasteiger partial charge in [0.05, 0.1) is 19.0 Å². The molecule has 1 unspecified atom stereocenters. The van der Waals surface area contributed by atoms with Crippen molar-refractivity contribution in [3.63, 3.8) is 0 Å². The number of H-pyrrole nitrogens is 1. The van der Waals surface area contributed by atoms with Crippen LogP contribution in [0, 0.1) is 0 Å². The van der Waals surface area contributed by atoms with Gasteiger partial charge in [-0.15, -0.1) is 0 Å². The molecule has 4 rings (SSSR count). The maximum absolute atomic E-state index is 11.6. The molecule has 1 aliphatic heterocycles. The van der Waals surface area contributed by atoms with Crippen molar-refractivity contribution < 1.29 is 20.1 Å². The summed E-state index contributed by atoms with van der Waals surface area (Å²) in [6.07, 6.45) is -0.270. The summed E-state index contributed by atoms with van der Waals surface area (Å²) >= 11 is 0. The molecule has 144 valence electrons. The molecular weight excluding hydrogens is 356 g/mol. The monoisotopic (exact) mass is 376 g/mol. The van der Waals surface area contributed by atoms with Crippen molar-refractivity contribution in [2.75, 3.05) is 18.1 Å². The molecule has 11 nitrogen and oxygen atoms in total. The topological polar surface area (TPSA) is 186 Å². The van der Waals surface area contributed by atoms with Crippen LogP contribution >= 0.6 is 0 Å². The van der Waals surface area contributed by atoms with Gasteiger partial charge in [0.2, 0.25) is 5.95 Å². The van der Waals surface area contributed by atoms with Crippen LogP contribution in [0.2, 0.25) is 0 Å². The van der Waals surface area contributed by atoms with Crippen LogP contribution in [0.5, 0.6) is 5.75 Å². The fraction of sp³-hybridized carbons (Fsp3) is 0.312. The van der Waals surface area contributed by atoms with Crippen molar-refractivity contribution in [2.45, 2.75) is 24.9 Å². The number of hydrogen-bond donors (Lipinski definition) is 6. The van der Waals surface area contributed by atoms with E-state index < -0.39 is 24.0 Å². The molecular formula is C16H20N6O5. The lowest BCUT2D eigenvalue weighted by molar-refractivity contribution is -0.0432. The minimum absolute atomic E-state index is 0.0171. The van der Waals surface area contributed by atoms with Crippen LogP contribution in [-0.4, -0.2) is 53.7 Å². The number of aromatic hydroxyl groups is 1. The van der Waals surface area contributed by atoms with Crippen LogP contribution in [-0.2, 0) is 4.74 Å². The molecule has 0 radical (unpaired) electrons. The fourth-order valence-corrected chi connectivity index (χ4v) is 2.68. The second-order valence-corrected chi connectivity index (χ2v) is 5.98. The number of phenols is 1. The van der Waals surface area contributed by atoms with Crippen molar-refractivity contribution in [1.82, 2.24) is 19.5 Å². The number of phenolic OH excluding ortho intramolecular Hbond substituents is 1. The molecule has 3 atom stereocenters. The molecule has 2 aromatic heterocycles. The van der Waals surface area contributed by atoms with Gasteiger partial charge < -0.3 is 31.5 Å². The predicted octanol–water partition coefficient (Wildman–Crippen LogP) is -0.683. The zero-order valence-electron chi connectivity index (χ0n) is 14.2. The molecule has 8 N–H and O–H groups in total. The Morgan fingerprint density at radius 1 is 1.30 bits per heavy atom. The van der Waals surface area contributed by atoms with Crippen LogP contribution in [0.4, 0.5) is 11.6 Å². The summed E-state index contributed by atoms with van der Waals surface area (Å²) in [4.78, 5) is 22.0. The number of nitrogens with one attached hydrogen (secondary N) is 1. The van der Waals surface area contributed by atoms with E-state index >= 15 is 0 Å². The third-order valence-electron chi connectivity index (χ3n) is 4.04. The lowest BCUT2D eigenvalue weighted by Crippen LogP contribution is -2.24. The van der Waals surface area contributed by atoms with Gasteiger partial charge in [-0.25, -0.2) is 4.98 Å². The minimum Gasteiger partial charge on any atom is -0.508 e. The van der Waals surface area contributed by atoms with Crippen molar-refractivity contribution in [2.24, 2.45) is 0 Å². The number of nitrogens with two attached hydrogens (primary N) is 2. The number of aromatic amines is 1. The number of nitrogens with zero attached hydrogens (tertiary/aromatic N) is 3. The average molecular weight is 376 g/mol. The molecule has 1 aromatic carbocycles. The quantitative estimate of drug-likeness (QED) is 0.249. The first-order valence-corrected chi connectivity index (χ1v) is 8.10. The molecule has 0 spiro atoms. The van der Waals surface area contributed by atoms with Crippen LogP contribution < -0.4 is 17.0 Å². The Morgan fingerprint density at radius 3 is 2.59 bits per heavy atom. The predicted molar refractivity (Wildman–Crippen MR) is 96.7 cm³/mol. The maximum atomic E-state index is 11.6. The third kappa shape index (κ3) is 4.00. The Balaban J connectivity index is 0.000000221. The van der Waals surface area contributed by atoms with Crippen LogP contribution in [0.3, 0.4) is 0 Å². The number of anilines is 2. The van der Waals surface area contributed by atoms with Gasteiger partial charge in [-0.1, -0.05) is 0 Å². The van der Waals surface area contributed by atoms with Gasteiger partial charge in [-0.3, -0.25) is 14.3 Å². The Labute approximate surface area is 152 Å². The molecule has 1 fully saturated rings. The van der Waals surface area contributed by atoms with Crippen molar-refractivity contribution in [3.05, 3.63) is 40.9 Å². The second-order valence-electron chi connectivity index (χ2n) is 5.98. The number of aromatic nitrogens is 4. The van der Waals surface area contributed by atoms with Crippen LogP contribution in [0.1, 0.15) is 12.6 Å². The lowest BCUT2D eigenvalue weighted by atomic mass is 10.2. The van der Waals surface area contributed by atoms with Crippen molar-refractivity contribution in [3.8, 4) is 5.75 Å². The van der Waals surface area contributed by atoms with E-state index in [1.54, 1.807) is 24.3 Å². The van der Waals surface area contributed by atoms with Gasteiger partial charge in [0, 0.05) is 12.1 Å². The van der Waals surface area contributed by atoms with Crippen molar-refractivity contribution >= 4 is 22.8 Å². The minimum atomic E-state index is -0.771. The molecule has 0 aliphatic carbocycles. The number of aliphatic hydroxyl groups is 2. The second kappa shape index (κ2) is 7.61. The number of ether oxygens (including phenoxy) is 1. The van der Waals surface area contributed by atoms with Crippen LogP contribution in [0.15, 0.2) is 35.4 Å². The van der Waals surface area contributed by atoms with Gasteiger partial charge in [0.1, 0.15) is 18.1 Å². The Hall–Kier alpha value is -3.15. The van der Waals surface area contributed by atoms with E-state index in [9.17, 15) is 9.90 Å². The highest BCUT2D eigenvalue weighted by Crippen LogP contribution is 2.30. The van der Waals surface area contributed by atoms with Gasteiger partial charge in [0.25, 0.3) is 5.56 Å². The van der Waals surface area contributed by atoms with Gasteiger partial charge in [-0.2, -0.15) is 4.98 Å². The summed E-state index contributed by atoms with van der Waals surface area (Å²) in [7, 11) is 0. The van der Waals surface area contributed by atoms with E-state index in [1.165, 1.54) is 10.9 Å². The number of rotatable bonds is 2. The number of nitrogen functional groups attached to an aromatic ring is 2. The summed E-state index contributed by atoms with van der Waals surface area (Å²) in [6, 6.07) is 6.40. The van der Waals surface area contributed by atoms with E-state index in [1.807, 2.05) is 0 Å². The van der Waals surface area contributed by atoms with Gasteiger partial charge in [-0.05, 0) is 24.3 Å². The molecule has 1 saturated heterocycles. The number of fused-ring (bicyclic) bond motifs is 1. The molecule has 0 bridgehead atoms. The molecule has 27 heavy (non-hydrogen) atoms. The normalized spacial score (nSPS) is 21.8. The maximum Gasteiger partial charge on any atom is 0.280 e. The fourth-order valence-electron chi connectivity index (χ4n) is 2.68. The summed E-state index contributed by atoms with van der Waals surface area (Å²) < 4.78 is 7.01. The highest BCUT2D eigenvalue weighted by atomic mass is 16.5. The molecule has 1 aliphatic rings. The first-order valence-electron chi connectivity index (χ1n) is 8.10. The third-order valence-corrected chi connectivity index (χ3v) is 4.04. The van der Waals surface area contributed by atoms with Crippen molar-refractivity contribution in [1.29, 1.82) is 0 Å². The summed E-state index contributed by atoms with van der Waals surface area (Å²) in [5, 5.41) is 27.5. The zero-order chi connectivity index (χ0) is 19.6. The van der Waals surface area contributed by atoms with E-state index in [4.69, 9.17) is 26.4 Å². The van der Waals surface area contributed by atoms with E-state index in [2.05, 4.69) is 15.0 Å². The number of benzene rings is 1. The first-order chi connectivity index (χ1) is 12.9. The SMILES string of the molecule is Nc1ccc(O)cc1.Nc1nc2c(ncn2[C@H]2CC(O)[C@@H](CO)O2)c(=O)[nH]1. The first kappa shape index (κ1) is 18.6. The molecule has 0 amide bonds. The van der Waals surface area contributed by atoms with Gasteiger partial charge >= 0.3 is 0 Å². The molecule has 3 heterocycles. The molecule has 0 saturated carbocycles. The summed E-state index contributed by atoms with van der Waals surface area (Å²) in [6.45, 7) is -0.277. The number of hydrogen-bond acceptors (Lipinski definition) is 9. The largest absolute Gasteiger partial charge is 0.508 e. The Bertz CT molecular complexity index is 949. The molecule has 3 aromatic rings. The standard InChI is InChI=1S/C10H13N5O4.C6H7NO/c11-10-13-8-7(9(18)14-10)12-3-15(8)6-1-4(17)5(2-16)19-6;7-5-1-3-6(8)4-2-5/h3-6,16-17H,1-2H2,(H3,11,13,14,18);1-4,8H,7H2/t4?,5-,6-;/m1./s1. The molecule has 11 heteroatoms. The Kier molecular flexibility index (Phi) is 5.26. The zero-order valence-corrected chi connectivity index (χ0v) is 14.2. The summed E-state index contributed by atoms with van der Waals surface area (Å²) in [5.41, 5.74) is 11.5. The highest BCUT2D eigenvalue weighted by molar-refractivity contribution is 5.70. The number of imidazole rings is 1. The highest BCUT2D eigenvalue weighted by Gasteiger charge is 2.35. The lowest BCUT2D eigenvalue weighted by Gasteiger charge is -2.13. The van der Waals surface area contributed by atoms with E-state index in [0.717, 1.165) is 0 Å². The van der Waals surface area contributed by atoms with Crippen LogP contribution in [0.25, 0.3) is 11.2 Å². The van der Waals surface area contributed by atoms with E-state index in [0.29, 0.717) is 5.69 Å². The average Bonchev–Trinajstić information content (AvgIpc) is 3.21. The van der Waals surface area contributed by atoms with E-state index in [-0.39, 0.29) is 35.9 Å². The van der Waals surface area contributed by atoms with Gasteiger partial charge in [0.15, 0.2) is 11.2 Å². The Morgan fingerprint density at radius 2 is 2.00 bits per heavy atom. The smallest absolute Gasteiger partial charge is 0.280 e. The summed E-state index contributed by atoms with van der Waals surface area (Å²) in [5.74, 6) is 0.232.